The van der Waals surface area contributed by atoms with Crippen molar-refractivity contribution in [3.63, 3.8) is 0 Å². The zero-order chi connectivity index (χ0) is 15.9. The molecule has 4 heteroatoms. The number of hydrogen-bond donors (Lipinski definition) is 1. The van der Waals surface area contributed by atoms with Crippen LogP contribution in [0.15, 0.2) is 54.6 Å². The van der Waals surface area contributed by atoms with Gasteiger partial charge in [-0.15, -0.1) is 0 Å². The van der Waals surface area contributed by atoms with Crippen molar-refractivity contribution in [2.75, 3.05) is 7.11 Å². The van der Waals surface area contributed by atoms with E-state index < -0.39 is 12.0 Å². The predicted molar refractivity (Wildman–Crippen MR) is 85.4 cm³/mol. The van der Waals surface area contributed by atoms with Crippen LogP contribution < -0.4 is 5.32 Å². The van der Waals surface area contributed by atoms with E-state index in [0.29, 0.717) is 12.0 Å². The minimum absolute atomic E-state index is 0.281. The summed E-state index contributed by atoms with van der Waals surface area (Å²) in [7, 11) is 1.31. The second-order valence-electron chi connectivity index (χ2n) is 4.87. The molecule has 0 bridgehead atoms. The van der Waals surface area contributed by atoms with Gasteiger partial charge in [0.05, 0.1) is 7.11 Å². The predicted octanol–water partition coefficient (Wildman–Crippen LogP) is 3.04. The Kier molecular flexibility index (Phi) is 5.31. The van der Waals surface area contributed by atoms with Crippen LogP contribution in [-0.2, 0) is 9.53 Å². The summed E-state index contributed by atoms with van der Waals surface area (Å²) in [4.78, 5) is 24.1. The molecule has 0 heterocycles. The largest absolute Gasteiger partial charge is 0.467 e. The van der Waals surface area contributed by atoms with Crippen molar-refractivity contribution in [3.8, 4) is 11.1 Å². The Morgan fingerprint density at radius 2 is 1.68 bits per heavy atom. The topological polar surface area (TPSA) is 55.4 Å². The lowest BCUT2D eigenvalue weighted by Crippen LogP contribution is -2.41. The van der Waals surface area contributed by atoms with Crippen LogP contribution in [0.1, 0.15) is 23.7 Å². The zero-order valence-corrected chi connectivity index (χ0v) is 12.7. The number of nitrogens with one attached hydrogen (secondary N) is 1. The lowest BCUT2D eigenvalue weighted by molar-refractivity contribution is -0.142. The molecule has 2 aromatic rings. The zero-order valence-electron chi connectivity index (χ0n) is 12.7. The summed E-state index contributed by atoms with van der Waals surface area (Å²) in [5, 5.41) is 2.73. The van der Waals surface area contributed by atoms with Crippen molar-refractivity contribution in [1.29, 1.82) is 0 Å². The molecule has 0 radical (unpaired) electrons. The standard InChI is InChI=1S/C18H19NO3/c1-3-16(18(21)22-2)19-17(20)15-12-8-7-11-14(15)13-9-5-4-6-10-13/h4-12,16H,3H2,1-2H3,(H,19,20). The Bertz CT molecular complexity index is 652. The van der Waals surface area contributed by atoms with Crippen molar-refractivity contribution in [2.45, 2.75) is 19.4 Å². The number of carbonyl (C=O) groups excluding carboxylic acids is 2. The Hall–Kier alpha value is -2.62. The SMILES string of the molecule is CCC(NC(=O)c1ccccc1-c1ccccc1)C(=O)OC. The van der Waals surface area contributed by atoms with Crippen molar-refractivity contribution in [2.24, 2.45) is 0 Å². The third kappa shape index (κ3) is 3.52. The highest BCUT2D eigenvalue weighted by Gasteiger charge is 2.21. The Labute approximate surface area is 130 Å². The molecule has 2 rings (SSSR count). The molecular formula is C18H19NO3. The first-order chi connectivity index (χ1) is 10.7. The van der Waals surface area contributed by atoms with Crippen LogP contribution in [0.25, 0.3) is 11.1 Å². The minimum Gasteiger partial charge on any atom is -0.467 e. The number of benzene rings is 2. The van der Waals surface area contributed by atoms with Crippen LogP contribution in [0.3, 0.4) is 0 Å². The number of hydrogen-bond acceptors (Lipinski definition) is 3. The van der Waals surface area contributed by atoms with Gasteiger partial charge in [0.1, 0.15) is 6.04 Å². The fourth-order valence-electron chi connectivity index (χ4n) is 2.26. The van der Waals surface area contributed by atoms with Gasteiger partial charge in [0, 0.05) is 5.56 Å². The second-order valence-corrected chi connectivity index (χ2v) is 4.87. The average Bonchev–Trinajstić information content (AvgIpc) is 2.59. The first-order valence-corrected chi connectivity index (χ1v) is 7.20. The number of rotatable bonds is 5. The maximum atomic E-state index is 12.5. The van der Waals surface area contributed by atoms with E-state index in [1.807, 2.05) is 49.4 Å². The molecule has 4 nitrogen and oxygen atoms in total. The van der Waals surface area contributed by atoms with E-state index in [1.54, 1.807) is 12.1 Å². The number of esters is 1. The van der Waals surface area contributed by atoms with E-state index in [1.165, 1.54) is 7.11 Å². The fourth-order valence-corrected chi connectivity index (χ4v) is 2.26. The molecule has 1 atom stereocenters. The lowest BCUT2D eigenvalue weighted by atomic mass is 9.99. The van der Waals surface area contributed by atoms with Crippen LogP contribution in [-0.4, -0.2) is 25.0 Å². The Morgan fingerprint density at radius 3 is 2.32 bits per heavy atom. The van der Waals surface area contributed by atoms with Gasteiger partial charge in [-0.3, -0.25) is 4.79 Å². The summed E-state index contributed by atoms with van der Waals surface area (Å²) in [5.74, 6) is -0.718. The van der Waals surface area contributed by atoms with Crippen LogP contribution in [0.4, 0.5) is 0 Å². The highest BCUT2D eigenvalue weighted by atomic mass is 16.5. The molecule has 0 saturated heterocycles. The normalized spacial score (nSPS) is 11.5. The van der Waals surface area contributed by atoms with Gasteiger partial charge in [-0.25, -0.2) is 4.79 Å². The van der Waals surface area contributed by atoms with Crippen molar-refractivity contribution in [3.05, 3.63) is 60.2 Å². The molecule has 0 fully saturated rings. The molecule has 114 valence electrons. The third-order valence-electron chi connectivity index (χ3n) is 3.46. The van der Waals surface area contributed by atoms with Crippen LogP contribution in [0, 0.1) is 0 Å². The Balaban J connectivity index is 2.29. The summed E-state index contributed by atoms with van der Waals surface area (Å²) < 4.78 is 4.70. The van der Waals surface area contributed by atoms with E-state index in [9.17, 15) is 9.59 Å². The van der Waals surface area contributed by atoms with E-state index in [0.717, 1.165) is 11.1 Å². The molecule has 22 heavy (non-hydrogen) atoms. The monoisotopic (exact) mass is 297 g/mol. The van der Waals surface area contributed by atoms with Crippen LogP contribution >= 0.6 is 0 Å². The number of methoxy groups -OCH3 is 1. The number of ether oxygens (including phenoxy) is 1. The lowest BCUT2D eigenvalue weighted by Gasteiger charge is -2.16. The molecule has 0 aromatic heterocycles. The third-order valence-corrected chi connectivity index (χ3v) is 3.46. The molecule has 0 aliphatic carbocycles. The molecule has 0 saturated carbocycles. The first kappa shape index (κ1) is 15.8. The van der Waals surface area contributed by atoms with Crippen LogP contribution in [0.2, 0.25) is 0 Å². The number of amides is 1. The quantitative estimate of drug-likeness (QED) is 0.863. The molecule has 0 spiro atoms. The Morgan fingerprint density at radius 1 is 1.05 bits per heavy atom. The van der Waals surface area contributed by atoms with Gasteiger partial charge in [-0.2, -0.15) is 0 Å². The number of carbonyl (C=O) groups is 2. The highest BCUT2D eigenvalue weighted by Crippen LogP contribution is 2.23. The van der Waals surface area contributed by atoms with Crippen molar-refractivity contribution in [1.82, 2.24) is 5.32 Å². The van der Waals surface area contributed by atoms with Gasteiger partial charge in [-0.1, -0.05) is 55.5 Å². The van der Waals surface area contributed by atoms with Gasteiger partial charge in [0.25, 0.3) is 5.91 Å². The molecule has 0 aliphatic heterocycles. The summed E-state index contributed by atoms with van der Waals surface area (Å²) in [6.07, 6.45) is 0.478. The molecule has 1 unspecified atom stereocenters. The van der Waals surface area contributed by atoms with E-state index in [4.69, 9.17) is 4.74 Å². The van der Waals surface area contributed by atoms with Gasteiger partial charge in [0.15, 0.2) is 0 Å². The summed E-state index contributed by atoms with van der Waals surface area (Å²) >= 11 is 0. The fraction of sp³-hybridized carbons (Fsp3) is 0.222. The summed E-state index contributed by atoms with van der Waals surface area (Å²) in [6, 6.07) is 16.4. The smallest absolute Gasteiger partial charge is 0.328 e. The second kappa shape index (κ2) is 7.41. The molecule has 0 aliphatic rings. The molecule has 1 amide bonds. The van der Waals surface area contributed by atoms with Gasteiger partial charge < -0.3 is 10.1 Å². The van der Waals surface area contributed by atoms with E-state index >= 15 is 0 Å². The minimum atomic E-state index is -0.638. The van der Waals surface area contributed by atoms with E-state index in [-0.39, 0.29) is 5.91 Å². The van der Waals surface area contributed by atoms with Crippen LogP contribution in [0.5, 0.6) is 0 Å². The maximum absolute atomic E-state index is 12.5. The van der Waals surface area contributed by atoms with Crippen molar-refractivity contribution >= 4 is 11.9 Å². The molecular weight excluding hydrogens is 278 g/mol. The van der Waals surface area contributed by atoms with Crippen molar-refractivity contribution < 1.29 is 14.3 Å². The van der Waals surface area contributed by atoms with Gasteiger partial charge in [0.2, 0.25) is 0 Å². The highest BCUT2D eigenvalue weighted by molar-refractivity contribution is 6.02. The average molecular weight is 297 g/mol. The molecule has 2 aromatic carbocycles. The molecule has 1 N–H and O–H groups in total. The first-order valence-electron chi connectivity index (χ1n) is 7.20. The summed E-state index contributed by atoms with van der Waals surface area (Å²) in [6.45, 7) is 1.82. The van der Waals surface area contributed by atoms with Gasteiger partial charge >= 0.3 is 5.97 Å². The van der Waals surface area contributed by atoms with Gasteiger partial charge in [-0.05, 0) is 23.6 Å². The maximum Gasteiger partial charge on any atom is 0.328 e. The van der Waals surface area contributed by atoms with E-state index in [2.05, 4.69) is 5.32 Å². The summed E-state index contributed by atoms with van der Waals surface area (Å²) in [5.41, 5.74) is 2.33.